The Morgan fingerprint density at radius 3 is 2.02 bits per heavy atom. The van der Waals surface area contributed by atoms with E-state index >= 15 is 0 Å². The van der Waals surface area contributed by atoms with Crippen molar-refractivity contribution in [2.24, 2.45) is 17.3 Å². The molecule has 4 N–H and O–H groups in total. The average Bonchev–Trinajstić information content (AvgIpc) is 3.85. The minimum absolute atomic E-state index is 0.0189. The van der Waals surface area contributed by atoms with Gasteiger partial charge in [-0.2, -0.15) is 0 Å². The number of carbonyl (C=O) groups is 5. The summed E-state index contributed by atoms with van der Waals surface area (Å²) in [6.07, 6.45) is 14.8. The molecule has 3 saturated heterocycles. The topological polar surface area (TPSA) is 171 Å². The second-order valence-electron chi connectivity index (χ2n) is 16.8. The molecule has 5 amide bonds. The van der Waals surface area contributed by atoms with E-state index in [0.717, 1.165) is 77.0 Å². The summed E-state index contributed by atoms with van der Waals surface area (Å²) in [7, 11) is -3.34. The van der Waals surface area contributed by atoms with Crippen LogP contribution in [-0.2, 0) is 29.0 Å². The molecule has 3 saturated carbocycles. The fraction of sp³-hybridized carbons (Fsp3) is 0.865. The molecule has 3 aliphatic carbocycles. The summed E-state index contributed by atoms with van der Waals surface area (Å²) >= 11 is 0. The number of nitrogens with one attached hydrogen (secondary N) is 4. The standard InChI is InChI=1S/C37H59N5O7S/c1-36(2)25-23-42-30(29(25)36)32(44)39-26(31(43)33(45)38-24-18-19-24)15-10-7-5-3-4-6-8-11-16-27(34(42)46)40-35(47)41-37(20-12-9-13-21-37)28-17-14-22-50(28,48)49/h24-30H,3-23H2,1-2H3,(H,38,45)(H,39,44)(H2,40,41,47)/t25-,26+,27+,28+,29-,30-/m0/s1. The molecular formula is C37H59N5O7S. The van der Waals surface area contributed by atoms with Gasteiger partial charge < -0.3 is 26.2 Å². The SMILES string of the molecule is CC1(C)[C@@H]2[C@H]3C(=O)N[C@@H](C(=O)C(=O)NC4CC4)CCCCCCCCCC[C@@H](NC(=O)NC4([C@H]5CCCS5(=O)=O)CCCCC4)C(=O)N3C[C@@H]21. The van der Waals surface area contributed by atoms with Crippen molar-refractivity contribution in [3.05, 3.63) is 0 Å². The summed E-state index contributed by atoms with van der Waals surface area (Å²) < 4.78 is 26.2. The number of amides is 5. The lowest BCUT2D eigenvalue weighted by atomic mass is 9.78. The van der Waals surface area contributed by atoms with Gasteiger partial charge in [-0.1, -0.05) is 84.5 Å². The number of piperidine rings is 1. The van der Waals surface area contributed by atoms with E-state index in [-0.39, 0.29) is 35.0 Å². The smallest absolute Gasteiger partial charge is 0.315 e. The first-order valence-electron chi connectivity index (χ1n) is 19.6. The molecule has 6 fully saturated rings. The van der Waals surface area contributed by atoms with Crippen LogP contribution in [0.3, 0.4) is 0 Å². The molecule has 0 aromatic heterocycles. The molecule has 0 radical (unpaired) electrons. The number of carbonyl (C=O) groups excluding carboxylic acids is 5. The summed E-state index contributed by atoms with van der Waals surface area (Å²) in [6, 6.07) is -3.18. The Morgan fingerprint density at radius 2 is 1.40 bits per heavy atom. The highest BCUT2D eigenvalue weighted by molar-refractivity contribution is 7.92. The van der Waals surface area contributed by atoms with E-state index in [2.05, 4.69) is 35.1 Å². The summed E-state index contributed by atoms with van der Waals surface area (Å²) in [5, 5.41) is 11.2. The molecule has 13 heteroatoms. The van der Waals surface area contributed by atoms with Crippen molar-refractivity contribution in [3.8, 4) is 0 Å². The van der Waals surface area contributed by atoms with Crippen molar-refractivity contribution >= 4 is 39.4 Å². The van der Waals surface area contributed by atoms with Crippen molar-refractivity contribution < 1.29 is 32.4 Å². The van der Waals surface area contributed by atoms with Crippen LogP contribution in [0.1, 0.15) is 136 Å². The molecular weight excluding hydrogens is 659 g/mol. The first kappa shape index (κ1) is 37.1. The summed E-state index contributed by atoms with van der Waals surface area (Å²) in [4.78, 5) is 70.3. The van der Waals surface area contributed by atoms with Gasteiger partial charge in [0, 0.05) is 12.6 Å². The maximum Gasteiger partial charge on any atom is 0.315 e. The largest absolute Gasteiger partial charge is 0.347 e. The van der Waals surface area contributed by atoms with Crippen molar-refractivity contribution in [2.75, 3.05) is 12.3 Å². The molecule has 0 spiro atoms. The number of nitrogens with zero attached hydrogens (tertiary/aromatic N) is 1. The van der Waals surface area contributed by atoms with Crippen LogP contribution < -0.4 is 21.3 Å². The highest BCUT2D eigenvalue weighted by atomic mass is 32.2. The van der Waals surface area contributed by atoms with Crippen molar-refractivity contribution in [1.82, 2.24) is 26.2 Å². The number of hydrogen-bond donors (Lipinski definition) is 4. The number of urea groups is 1. The molecule has 0 aromatic carbocycles. The second kappa shape index (κ2) is 15.1. The molecule has 6 atom stereocenters. The number of Topliss-reactive ketones (excluding diaryl/α,β-unsaturated/α-hetero) is 1. The fourth-order valence-corrected chi connectivity index (χ4v) is 12.1. The van der Waals surface area contributed by atoms with Crippen LogP contribution in [0.25, 0.3) is 0 Å². The second-order valence-corrected chi connectivity index (χ2v) is 19.1. The van der Waals surface area contributed by atoms with Crippen LogP contribution in [0.5, 0.6) is 0 Å². The lowest BCUT2D eigenvalue weighted by Crippen LogP contribution is -2.63. The van der Waals surface area contributed by atoms with Gasteiger partial charge in [0.1, 0.15) is 12.1 Å². The summed E-state index contributed by atoms with van der Waals surface area (Å²) in [6.45, 7) is 4.56. The van der Waals surface area contributed by atoms with Crippen molar-refractivity contribution in [2.45, 2.75) is 171 Å². The normalized spacial score (nSPS) is 34.3. The zero-order valence-corrected chi connectivity index (χ0v) is 30.9. The van der Waals surface area contributed by atoms with Crippen molar-refractivity contribution in [1.29, 1.82) is 0 Å². The Bertz CT molecular complexity index is 1420. The summed E-state index contributed by atoms with van der Waals surface area (Å²) in [5.41, 5.74) is -1.02. The Labute approximate surface area is 297 Å². The summed E-state index contributed by atoms with van der Waals surface area (Å²) in [5.74, 6) is -1.91. The third kappa shape index (κ3) is 8.02. The van der Waals surface area contributed by atoms with Crippen LogP contribution in [0, 0.1) is 17.3 Å². The average molecular weight is 718 g/mol. The van der Waals surface area contributed by atoms with Crippen LogP contribution in [0.2, 0.25) is 0 Å². The monoisotopic (exact) mass is 717 g/mol. The molecule has 3 aliphatic heterocycles. The van der Waals surface area contributed by atoms with Crippen molar-refractivity contribution in [3.63, 3.8) is 0 Å². The predicted molar refractivity (Wildman–Crippen MR) is 189 cm³/mol. The number of fused-ring (bicyclic) bond motifs is 3. The van der Waals surface area contributed by atoms with E-state index in [0.29, 0.717) is 51.5 Å². The van der Waals surface area contributed by atoms with Gasteiger partial charge in [-0.25, -0.2) is 13.2 Å². The third-order valence-electron chi connectivity index (χ3n) is 12.9. The molecule has 3 heterocycles. The minimum atomic E-state index is -3.34. The zero-order chi connectivity index (χ0) is 35.7. The number of sulfone groups is 1. The number of rotatable bonds is 6. The molecule has 6 rings (SSSR count). The van der Waals surface area contributed by atoms with E-state index in [1.807, 2.05) is 0 Å². The van der Waals surface area contributed by atoms with Crippen LogP contribution in [-0.4, -0.2) is 90.1 Å². The minimum Gasteiger partial charge on any atom is -0.347 e. The van der Waals surface area contributed by atoms with Gasteiger partial charge in [0.2, 0.25) is 17.6 Å². The quantitative estimate of drug-likeness (QED) is 0.304. The fourth-order valence-electron chi connectivity index (χ4n) is 9.74. The van der Waals surface area contributed by atoms with E-state index in [4.69, 9.17) is 0 Å². The molecule has 0 unspecified atom stereocenters. The lowest BCUT2D eigenvalue weighted by Gasteiger charge is -2.42. The Hall–Kier alpha value is -2.70. The van der Waals surface area contributed by atoms with Gasteiger partial charge in [-0.3, -0.25) is 19.2 Å². The first-order chi connectivity index (χ1) is 23.8. The van der Waals surface area contributed by atoms with Gasteiger partial charge in [-0.05, 0) is 68.6 Å². The Balaban J connectivity index is 1.22. The third-order valence-corrected chi connectivity index (χ3v) is 15.3. The van der Waals surface area contributed by atoms with Gasteiger partial charge in [-0.15, -0.1) is 0 Å². The lowest BCUT2D eigenvalue weighted by molar-refractivity contribution is -0.144. The zero-order valence-electron chi connectivity index (χ0n) is 30.1. The molecule has 6 aliphatic rings. The van der Waals surface area contributed by atoms with Gasteiger partial charge in [0.25, 0.3) is 5.91 Å². The van der Waals surface area contributed by atoms with Crippen LogP contribution in [0.4, 0.5) is 4.79 Å². The van der Waals surface area contributed by atoms with E-state index < -0.39 is 62.4 Å². The molecule has 12 nitrogen and oxygen atoms in total. The number of hydrogen-bond acceptors (Lipinski definition) is 7. The molecule has 50 heavy (non-hydrogen) atoms. The van der Waals surface area contributed by atoms with Gasteiger partial charge in [0.15, 0.2) is 9.84 Å². The first-order valence-corrected chi connectivity index (χ1v) is 21.3. The molecule has 0 bridgehead atoms. The van der Waals surface area contributed by atoms with Gasteiger partial charge >= 0.3 is 6.03 Å². The number of ketones is 1. The highest BCUT2D eigenvalue weighted by Crippen LogP contribution is 2.65. The maximum absolute atomic E-state index is 14.5. The molecule has 0 aromatic rings. The van der Waals surface area contributed by atoms with E-state index in [1.165, 1.54) is 0 Å². The van der Waals surface area contributed by atoms with Crippen LogP contribution >= 0.6 is 0 Å². The van der Waals surface area contributed by atoms with Crippen LogP contribution in [0.15, 0.2) is 0 Å². The molecule has 280 valence electrons. The highest BCUT2D eigenvalue weighted by Gasteiger charge is 2.69. The van der Waals surface area contributed by atoms with E-state index in [1.54, 1.807) is 4.90 Å². The maximum atomic E-state index is 14.5. The predicted octanol–water partition coefficient (Wildman–Crippen LogP) is 3.66. The van der Waals surface area contributed by atoms with E-state index in [9.17, 15) is 32.4 Å². The Kier molecular flexibility index (Phi) is 11.2. The Morgan fingerprint density at radius 1 is 0.780 bits per heavy atom. The van der Waals surface area contributed by atoms with Gasteiger partial charge in [0.05, 0.1) is 22.6 Å².